The van der Waals surface area contributed by atoms with Gasteiger partial charge in [0.2, 0.25) is 5.91 Å². The number of nitrogens with zero attached hydrogens (tertiary/aromatic N) is 2. The molecule has 2 aromatic rings. The van der Waals surface area contributed by atoms with Crippen molar-refractivity contribution in [3.05, 3.63) is 51.9 Å². The molecule has 0 spiro atoms. The minimum Gasteiger partial charge on any atom is -0.366 e. The average molecular weight is 344 g/mol. The van der Waals surface area contributed by atoms with Crippen molar-refractivity contribution in [2.24, 2.45) is 5.73 Å². The summed E-state index contributed by atoms with van der Waals surface area (Å²) in [6.07, 6.45) is 1.67. The van der Waals surface area contributed by atoms with Crippen LogP contribution in [0.15, 0.2) is 40.4 Å². The number of aromatic nitrogens is 2. The van der Waals surface area contributed by atoms with Crippen molar-refractivity contribution >= 4 is 29.3 Å². The summed E-state index contributed by atoms with van der Waals surface area (Å²) in [5.74, 6) is -0.282. The number of primary amides is 1. The summed E-state index contributed by atoms with van der Waals surface area (Å²) in [7, 11) is 0. The van der Waals surface area contributed by atoms with E-state index in [0.29, 0.717) is 22.2 Å². The van der Waals surface area contributed by atoms with Crippen LogP contribution >= 0.6 is 11.8 Å². The number of nitrogens with one attached hydrogen (secondary N) is 1. The Bertz CT molecular complexity index is 878. The van der Waals surface area contributed by atoms with Gasteiger partial charge in [-0.05, 0) is 19.1 Å². The number of hydrogen-bond acceptors (Lipinski definition) is 5. The van der Waals surface area contributed by atoms with Crippen LogP contribution in [0.2, 0.25) is 0 Å². The van der Waals surface area contributed by atoms with Crippen molar-refractivity contribution in [3.8, 4) is 0 Å². The Morgan fingerprint density at radius 2 is 2.17 bits per heavy atom. The number of fused-ring (bicyclic) bond motifs is 1. The number of amides is 2. The molecule has 0 fully saturated rings. The number of nitrogens with two attached hydrogens (primary N) is 1. The number of carbonyl (C=O) groups excluding carboxylic acids is 2. The summed E-state index contributed by atoms with van der Waals surface area (Å²) in [6.45, 7) is 1.70. The number of aryl methyl sites for hydroxylation is 1. The third kappa shape index (κ3) is 3.05. The van der Waals surface area contributed by atoms with E-state index in [1.54, 1.807) is 42.0 Å². The van der Waals surface area contributed by atoms with Gasteiger partial charge in [-0.15, -0.1) is 0 Å². The molecule has 1 aliphatic heterocycles. The lowest BCUT2D eigenvalue weighted by Crippen LogP contribution is -2.29. The number of benzene rings is 1. The highest BCUT2D eigenvalue weighted by molar-refractivity contribution is 7.99. The van der Waals surface area contributed by atoms with Crippen molar-refractivity contribution in [1.82, 2.24) is 9.55 Å². The first-order chi connectivity index (χ1) is 11.5. The van der Waals surface area contributed by atoms with E-state index >= 15 is 0 Å². The van der Waals surface area contributed by atoms with Crippen LogP contribution in [0.4, 0.5) is 5.69 Å². The summed E-state index contributed by atoms with van der Waals surface area (Å²) in [5, 5.41) is 3.32. The summed E-state index contributed by atoms with van der Waals surface area (Å²) in [5.41, 5.74) is 6.35. The molecule has 3 rings (SSSR count). The topological polar surface area (TPSA) is 107 Å². The zero-order valence-electron chi connectivity index (χ0n) is 13.0. The molecule has 0 bridgehead atoms. The van der Waals surface area contributed by atoms with Crippen LogP contribution in [-0.2, 0) is 4.79 Å². The molecule has 7 nitrogen and oxygen atoms in total. The van der Waals surface area contributed by atoms with Crippen molar-refractivity contribution in [2.45, 2.75) is 24.5 Å². The van der Waals surface area contributed by atoms with Crippen LogP contribution in [-0.4, -0.2) is 27.1 Å². The van der Waals surface area contributed by atoms with Gasteiger partial charge in [-0.3, -0.25) is 19.0 Å². The van der Waals surface area contributed by atoms with Crippen LogP contribution in [0.5, 0.6) is 0 Å². The summed E-state index contributed by atoms with van der Waals surface area (Å²) < 4.78 is 1.57. The van der Waals surface area contributed by atoms with Gasteiger partial charge in [-0.2, -0.15) is 0 Å². The van der Waals surface area contributed by atoms with Crippen molar-refractivity contribution in [2.75, 3.05) is 11.1 Å². The maximum Gasteiger partial charge on any atom is 0.257 e. The van der Waals surface area contributed by atoms with E-state index in [-0.39, 0.29) is 29.5 Å². The second kappa shape index (κ2) is 6.48. The average Bonchev–Trinajstić information content (AvgIpc) is 2.94. The van der Waals surface area contributed by atoms with Gasteiger partial charge in [0.25, 0.3) is 11.5 Å². The molecule has 3 N–H and O–H groups in total. The van der Waals surface area contributed by atoms with Crippen molar-refractivity contribution < 1.29 is 9.59 Å². The van der Waals surface area contributed by atoms with E-state index in [1.165, 1.54) is 11.8 Å². The van der Waals surface area contributed by atoms with Crippen LogP contribution < -0.4 is 16.6 Å². The Morgan fingerprint density at radius 1 is 1.42 bits per heavy atom. The fraction of sp³-hybridized carbons (Fsp3) is 0.250. The van der Waals surface area contributed by atoms with Crippen LogP contribution in [0.1, 0.15) is 28.4 Å². The lowest BCUT2D eigenvalue weighted by Gasteiger charge is -2.14. The zero-order valence-corrected chi connectivity index (χ0v) is 13.8. The molecule has 0 saturated carbocycles. The number of anilines is 1. The number of rotatable bonds is 4. The standard InChI is InChI=1S/C16H16N4O3S/c1-9-7-18-16-20(15(9)23)10(8-24-16)6-13(21)19-12-5-3-2-4-11(12)14(17)22/h2-5,7,10H,6,8H2,1H3,(H2,17,22)(H,19,21). The van der Waals surface area contributed by atoms with Gasteiger partial charge in [0.1, 0.15) is 0 Å². The largest absolute Gasteiger partial charge is 0.366 e. The third-order valence-corrected chi connectivity index (χ3v) is 4.90. The first kappa shape index (κ1) is 16.3. The zero-order chi connectivity index (χ0) is 17.3. The first-order valence-corrected chi connectivity index (χ1v) is 8.35. The predicted molar refractivity (Wildman–Crippen MR) is 91.2 cm³/mol. The normalized spacial score (nSPS) is 15.8. The predicted octanol–water partition coefficient (Wildman–Crippen LogP) is 1.33. The van der Waals surface area contributed by atoms with Gasteiger partial charge in [-0.25, -0.2) is 4.98 Å². The van der Waals surface area contributed by atoms with Crippen molar-refractivity contribution in [3.63, 3.8) is 0 Å². The van der Waals surface area contributed by atoms with Crippen LogP contribution in [0.25, 0.3) is 0 Å². The maximum atomic E-state index is 12.3. The van der Waals surface area contributed by atoms with Gasteiger partial charge in [0.05, 0.1) is 17.3 Å². The van der Waals surface area contributed by atoms with Gasteiger partial charge >= 0.3 is 0 Å². The van der Waals surface area contributed by atoms with Gasteiger partial charge in [0, 0.05) is 23.9 Å². The molecule has 2 amide bonds. The van der Waals surface area contributed by atoms with Gasteiger partial charge < -0.3 is 11.1 Å². The van der Waals surface area contributed by atoms with E-state index in [9.17, 15) is 14.4 Å². The highest BCUT2D eigenvalue weighted by atomic mass is 32.2. The molecule has 124 valence electrons. The summed E-state index contributed by atoms with van der Waals surface area (Å²) in [4.78, 5) is 40.3. The Labute approximate surface area is 142 Å². The molecule has 0 radical (unpaired) electrons. The molecule has 24 heavy (non-hydrogen) atoms. The molecular formula is C16H16N4O3S. The van der Waals surface area contributed by atoms with E-state index in [1.807, 2.05) is 0 Å². The first-order valence-electron chi connectivity index (χ1n) is 7.37. The fourth-order valence-electron chi connectivity index (χ4n) is 2.59. The van der Waals surface area contributed by atoms with E-state index in [4.69, 9.17) is 5.73 Å². The van der Waals surface area contributed by atoms with Crippen LogP contribution in [0, 0.1) is 6.92 Å². The van der Waals surface area contributed by atoms with Gasteiger partial charge in [0.15, 0.2) is 5.16 Å². The van der Waals surface area contributed by atoms with E-state index < -0.39 is 5.91 Å². The number of thioether (sulfide) groups is 1. The summed E-state index contributed by atoms with van der Waals surface area (Å²) >= 11 is 1.45. The molecule has 0 saturated heterocycles. The quantitative estimate of drug-likeness (QED) is 0.814. The molecule has 1 aromatic carbocycles. The smallest absolute Gasteiger partial charge is 0.257 e. The number of hydrogen-bond donors (Lipinski definition) is 2. The Kier molecular flexibility index (Phi) is 4.39. The number of carbonyl (C=O) groups is 2. The van der Waals surface area contributed by atoms with Gasteiger partial charge in [-0.1, -0.05) is 23.9 Å². The van der Waals surface area contributed by atoms with E-state index in [0.717, 1.165) is 0 Å². The molecule has 1 aliphatic rings. The third-order valence-electron chi connectivity index (χ3n) is 3.79. The molecular weight excluding hydrogens is 328 g/mol. The maximum absolute atomic E-state index is 12.3. The van der Waals surface area contributed by atoms with E-state index in [2.05, 4.69) is 10.3 Å². The highest BCUT2D eigenvalue weighted by Crippen LogP contribution is 2.32. The molecule has 1 unspecified atom stereocenters. The highest BCUT2D eigenvalue weighted by Gasteiger charge is 2.27. The SMILES string of the molecule is Cc1cnc2n(c1=O)C(CC(=O)Nc1ccccc1C(N)=O)CS2. The van der Waals surface area contributed by atoms with Crippen LogP contribution in [0.3, 0.4) is 0 Å². The molecule has 8 heteroatoms. The Morgan fingerprint density at radius 3 is 2.92 bits per heavy atom. The monoisotopic (exact) mass is 344 g/mol. The molecule has 1 atom stereocenters. The lowest BCUT2D eigenvalue weighted by molar-refractivity contribution is -0.116. The molecule has 0 aliphatic carbocycles. The minimum atomic E-state index is -0.608. The summed E-state index contributed by atoms with van der Waals surface area (Å²) in [6, 6.07) is 6.29. The second-order valence-corrected chi connectivity index (χ2v) is 6.51. The van der Waals surface area contributed by atoms with Crippen molar-refractivity contribution in [1.29, 1.82) is 0 Å². The number of para-hydroxylation sites is 1. The second-order valence-electron chi connectivity index (χ2n) is 5.53. The molecule has 2 heterocycles. The fourth-order valence-corrected chi connectivity index (χ4v) is 3.70. The Hall–Kier alpha value is -2.61. The minimum absolute atomic E-state index is 0.123. The lowest BCUT2D eigenvalue weighted by atomic mass is 10.1. The molecule has 1 aromatic heterocycles. The Balaban J connectivity index is 1.78.